The first-order chi connectivity index (χ1) is 14.1. The first-order valence-corrected chi connectivity index (χ1v) is 10.8. The molecular weight excluding hydrogens is 406 g/mol. The molecule has 0 spiro atoms. The van der Waals surface area contributed by atoms with E-state index in [2.05, 4.69) is 27.3 Å². The zero-order chi connectivity index (χ0) is 20.2. The van der Waals surface area contributed by atoms with Crippen molar-refractivity contribution < 1.29 is 14.3 Å². The second-order valence-corrected chi connectivity index (χ2v) is 8.38. The second-order valence-electron chi connectivity index (χ2n) is 6.44. The van der Waals surface area contributed by atoms with E-state index in [1.54, 1.807) is 11.8 Å². The number of nitrogens with zero attached hydrogens (tertiary/aromatic N) is 2. The van der Waals surface area contributed by atoms with Gasteiger partial charge >= 0.3 is 5.97 Å². The Hall–Kier alpha value is -2.84. The van der Waals surface area contributed by atoms with Crippen molar-refractivity contribution in [1.82, 2.24) is 4.98 Å². The predicted molar refractivity (Wildman–Crippen MR) is 115 cm³/mol. The van der Waals surface area contributed by atoms with E-state index < -0.39 is 11.9 Å². The van der Waals surface area contributed by atoms with Gasteiger partial charge in [-0.3, -0.25) is 14.9 Å². The van der Waals surface area contributed by atoms with Crippen molar-refractivity contribution in [3.8, 4) is 0 Å². The Morgan fingerprint density at radius 2 is 1.72 bits per heavy atom. The number of para-hydroxylation sites is 2. The van der Waals surface area contributed by atoms with Gasteiger partial charge in [0.25, 0.3) is 5.91 Å². The van der Waals surface area contributed by atoms with Crippen LogP contribution in [0.3, 0.4) is 0 Å². The number of benzene rings is 2. The van der Waals surface area contributed by atoms with Crippen LogP contribution in [0.5, 0.6) is 0 Å². The van der Waals surface area contributed by atoms with E-state index in [0.29, 0.717) is 11.7 Å². The molecule has 4 rings (SSSR count). The summed E-state index contributed by atoms with van der Waals surface area (Å²) in [7, 11) is 0. The first kappa shape index (κ1) is 19.5. The van der Waals surface area contributed by atoms with Crippen molar-refractivity contribution in [2.45, 2.75) is 23.1 Å². The fourth-order valence-electron chi connectivity index (χ4n) is 3.01. The van der Waals surface area contributed by atoms with Gasteiger partial charge in [0.15, 0.2) is 11.7 Å². The normalized spacial score (nSPS) is 12.1. The largest absolute Gasteiger partial charge is 0.456 e. The van der Waals surface area contributed by atoms with Gasteiger partial charge < -0.3 is 9.64 Å². The summed E-state index contributed by atoms with van der Waals surface area (Å²) in [5.74, 6) is -0.804. The molecule has 148 valence electrons. The number of rotatable bonds is 6. The quantitative estimate of drug-likeness (QED) is 0.581. The minimum Gasteiger partial charge on any atom is -0.456 e. The summed E-state index contributed by atoms with van der Waals surface area (Å²) < 4.78 is 5.14. The maximum absolute atomic E-state index is 12.2. The molecule has 3 aromatic rings. The van der Waals surface area contributed by atoms with Gasteiger partial charge in [0, 0.05) is 21.7 Å². The predicted octanol–water partition coefficient (Wildman–Crippen LogP) is 4.63. The number of aryl methyl sites for hydroxylation is 1. The number of esters is 1. The van der Waals surface area contributed by atoms with E-state index in [9.17, 15) is 9.59 Å². The third-order valence-electron chi connectivity index (χ3n) is 4.30. The molecule has 1 amide bonds. The number of carbonyl (C=O) groups excluding carboxylic acids is 2. The van der Waals surface area contributed by atoms with Crippen LogP contribution in [-0.2, 0) is 14.3 Å². The summed E-state index contributed by atoms with van der Waals surface area (Å²) in [6, 6.07) is 16.2. The van der Waals surface area contributed by atoms with E-state index in [1.807, 2.05) is 48.7 Å². The Morgan fingerprint density at radius 3 is 2.34 bits per heavy atom. The molecular formula is C21H19N3O3S2. The Kier molecular flexibility index (Phi) is 5.82. The van der Waals surface area contributed by atoms with Crippen LogP contribution >= 0.6 is 23.1 Å². The molecule has 0 bridgehead atoms. The van der Waals surface area contributed by atoms with Crippen LogP contribution in [0.15, 0.2) is 63.7 Å². The molecule has 2 heterocycles. The Balaban J connectivity index is 1.35. The number of hydrogen-bond donors (Lipinski definition) is 1. The Morgan fingerprint density at radius 1 is 1.07 bits per heavy atom. The summed E-state index contributed by atoms with van der Waals surface area (Å²) in [6.45, 7) is 2.00. The first-order valence-electron chi connectivity index (χ1n) is 9.11. The fraction of sp³-hybridized carbons (Fsp3) is 0.190. The van der Waals surface area contributed by atoms with Crippen LogP contribution in [0.4, 0.5) is 16.5 Å². The molecule has 0 fully saturated rings. The van der Waals surface area contributed by atoms with Crippen molar-refractivity contribution >= 4 is 51.5 Å². The number of ether oxygens (including phenoxy) is 1. The third kappa shape index (κ3) is 4.60. The fourth-order valence-corrected chi connectivity index (χ4v) is 4.81. The highest BCUT2D eigenvalue weighted by molar-refractivity contribution is 7.99. The number of amides is 1. The standard InChI is InChI=1S/C21H19N3O3S2/c1-14-13-28-21(22-14)23-19(25)12-27-20(26)10-11-24-15-6-2-4-8-17(15)29-18-9-5-3-7-16(18)24/h2-9,13H,10-12H2,1H3,(H,22,23,25). The summed E-state index contributed by atoms with van der Waals surface area (Å²) in [4.78, 5) is 32.7. The maximum atomic E-state index is 12.2. The molecule has 0 unspecified atom stereocenters. The number of fused-ring (bicyclic) bond motifs is 2. The highest BCUT2D eigenvalue weighted by Gasteiger charge is 2.23. The van der Waals surface area contributed by atoms with Crippen molar-refractivity contribution in [2.24, 2.45) is 0 Å². The van der Waals surface area contributed by atoms with Gasteiger partial charge in [-0.05, 0) is 31.2 Å². The highest BCUT2D eigenvalue weighted by Crippen LogP contribution is 2.47. The average Bonchev–Trinajstić information content (AvgIpc) is 3.14. The van der Waals surface area contributed by atoms with Gasteiger partial charge in [-0.1, -0.05) is 36.0 Å². The monoisotopic (exact) mass is 425 g/mol. The summed E-state index contributed by atoms with van der Waals surface area (Å²) >= 11 is 3.06. The molecule has 1 aromatic heterocycles. The molecule has 29 heavy (non-hydrogen) atoms. The van der Waals surface area contributed by atoms with Crippen LogP contribution in [0, 0.1) is 6.92 Å². The minimum atomic E-state index is -0.413. The molecule has 1 N–H and O–H groups in total. The van der Waals surface area contributed by atoms with Gasteiger partial charge in [-0.15, -0.1) is 11.3 Å². The summed E-state index contributed by atoms with van der Waals surface area (Å²) in [5.41, 5.74) is 2.98. The van der Waals surface area contributed by atoms with Gasteiger partial charge in [0.2, 0.25) is 0 Å². The van der Waals surface area contributed by atoms with Crippen LogP contribution in [0.25, 0.3) is 0 Å². The lowest BCUT2D eigenvalue weighted by Crippen LogP contribution is -2.26. The Labute approximate surface area is 176 Å². The number of nitrogens with one attached hydrogen (secondary N) is 1. The molecule has 0 atom stereocenters. The second kappa shape index (κ2) is 8.67. The topological polar surface area (TPSA) is 71.5 Å². The molecule has 0 saturated heterocycles. The molecule has 1 aliphatic rings. The van der Waals surface area contributed by atoms with E-state index in [0.717, 1.165) is 26.9 Å². The van der Waals surface area contributed by atoms with Crippen LogP contribution in [0.1, 0.15) is 12.1 Å². The van der Waals surface area contributed by atoms with Crippen molar-refractivity contribution in [3.05, 3.63) is 59.6 Å². The van der Waals surface area contributed by atoms with Crippen LogP contribution in [0.2, 0.25) is 0 Å². The van der Waals surface area contributed by atoms with Gasteiger partial charge in [-0.25, -0.2) is 4.98 Å². The van der Waals surface area contributed by atoms with Gasteiger partial charge in [0.1, 0.15) is 0 Å². The third-order valence-corrected chi connectivity index (χ3v) is 6.31. The average molecular weight is 426 g/mol. The molecule has 0 aliphatic carbocycles. The van der Waals surface area contributed by atoms with Crippen LogP contribution in [-0.4, -0.2) is 30.0 Å². The van der Waals surface area contributed by atoms with Crippen molar-refractivity contribution in [2.75, 3.05) is 23.4 Å². The lowest BCUT2D eigenvalue weighted by atomic mass is 10.2. The van der Waals surface area contributed by atoms with E-state index in [4.69, 9.17) is 4.74 Å². The van der Waals surface area contributed by atoms with Gasteiger partial charge in [-0.2, -0.15) is 0 Å². The summed E-state index contributed by atoms with van der Waals surface area (Å²) in [5, 5.41) is 4.97. The van der Waals surface area contributed by atoms with E-state index in [1.165, 1.54) is 11.3 Å². The highest BCUT2D eigenvalue weighted by atomic mass is 32.2. The molecule has 0 saturated carbocycles. The molecule has 6 nitrogen and oxygen atoms in total. The molecule has 2 aromatic carbocycles. The molecule has 1 aliphatic heterocycles. The molecule has 8 heteroatoms. The van der Waals surface area contributed by atoms with Gasteiger partial charge in [0.05, 0.1) is 23.5 Å². The minimum absolute atomic E-state index is 0.178. The van der Waals surface area contributed by atoms with E-state index in [-0.39, 0.29) is 13.0 Å². The number of hydrogen-bond acceptors (Lipinski definition) is 7. The van der Waals surface area contributed by atoms with E-state index >= 15 is 0 Å². The zero-order valence-corrected chi connectivity index (χ0v) is 17.4. The zero-order valence-electron chi connectivity index (χ0n) is 15.8. The number of carbonyl (C=O) groups is 2. The van der Waals surface area contributed by atoms with Crippen LogP contribution < -0.4 is 10.2 Å². The van der Waals surface area contributed by atoms with Crippen molar-refractivity contribution in [1.29, 1.82) is 0 Å². The smallest absolute Gasteiger partial charge is 0.308 e. The number of anilines is 3. The Bertz CT molecular complexity index is 1010. The number of aromatic nitrogens is 1. The number of thiazole rings is 1. The summed E-state index contributed by atoms with van der Waals surface area (Å²) in [6.07, 6.45) is 0.178. The SMILES string of the molecule is Cc1csc(NC(=O)COC(=O)CCN2c3ccccc3Sc3ccccc32)n1. The van der Waals surface area contributed by atoms with Crippen molar-refractivity contribution in [3.63, 3.8) is 0 Å². The lowest BCUT2D eigenvalue weighted by Gasteiger charge is -2.32. The maximum Gasteiger partial charge on any atom is 0.308 e. The molecule has 0 radical (unpaired) electrons. The lowest BCUT2D eigenvalue weighted by molar-refractivity contribution is -0.147.